The van der Waals surface area contributed by atoms with E-state index >= 15 is 0 Å². The summed E-state index contributed by atoms with van der Waals surface area (Å²) < 4.78 is 54.7. The van der Waals surface area contributed by atoms with E-state index in [9.17, 15) is 18.0 Å². The van der Waals surface area contributed by atoms with Crippen LogP contribution in [0.25, 0.3) is 17.2 Å². The summed E-state index contributed by atoms with van der Waals surface area (Å²) in [7, 11) is 0. The van der Waals surface area contributed by atoms with E-state index < -0.39 is 29.3 Å². The van der Waals surface area contributed by atoms with E-state index in [1.54, 1.807) is 12.1 Å². The van der Waals surface area contributed by atoms with Crippen LogP contribution >= 0.6 is 0 Å². The molecule has 0 radical (unpaired) electrons. The van der Waals surface area contributed by atoms with E-state index in [0.29, 0.717) is 43.4 Å². The summed E-state index contributed by atoms with van der Waals surface area (Å²) in [5.74, 6) is -3.93. The molecule has 1 atom stereocenters. The molecule has 0 aromatic heterocycles. The van der Waals surface area contributed by atoms with Gasteiger partial charge in [-0.2, -0.15) is 4.39 Å². The molecule has 1 aliphatic carbocycles. The SMILES string of the molecule is C/C=C/c1ccc(-c2ccc(OC(=O)C3CCC(c4ccc(C5CO5)cc4F)CC3)c(F)c2F)cc1. The lowest BCUT2D eigenvalue weighted by atomic mass is 9.78. The van der Waals surface area contributed by atoms with Crippen LogP contribution in [0.4, 0.5) is 13.2 Å². The van der Waals surface area contributed by atoms with E-state index in [-0.39, 0.29) is 23.4 Å². The highest BCUT2D eigenvalue weighted by Gasteiger charge is 2.32. The fraction of sp³-hybridized carbons (Fsp3) is 0.300. The van der Waals surface area contributed by atoms with Crippen molar-refractivity contribution in [3.8, 4) is 16.9 Å². The van der Waals surface area contributed by atoms with E-state index in [1.807, 2.05) is 43.3 Å². The molecule has 3 nitrogen and oxygen atoms in total. The molecule has 2 fully saturated rings. The van der Waals surface area contributed by atoms with Crippen molar-refractivity contribution in [2.75, 3.05) is 6.61 Å². The van der Waals surface area contributed by atoms with E-state index in [1.165, 1.54) is 18.2 Å². The minimum Gasteiger partial charge on any atom is -0.423 e. The second-order valence-corrected chi connectivity index (χ2v) is 9.43. The average Bonchev–Trinajstić information content (AvgIpc) is 3.74. The Morgan fingerprint density at radius 3 is 2.31 bits per heavy atom. The number of ether oxygens (including phenoxy) is 2. The van der Waals surface area contributed by atoms with E-state index in [0.717, 1.165) is 11.1 Å². The van der Waals surface area contributed by atoms with Gasteiger partial charge in [0.25, 0.3) is 0 Å². The third kappa shape index (κ3) is 5.09. The largest absolute Gasteiger partial charge is 0.423 e. The van der Waals surface area contributed by atoms with Gasteiger partial charge in [-0.3, -0.25) is 4.79 Å². The van der Waals surface area contributed by atoms with Crippen LogP contribution in [0.1, 0.15) is 61.3 Å². The van der Waals surface area contributed by atoms with Crippen LogP contribution in [0, 0.1) is 23.4 Å². The van der Waals surface area contributed by atoms with Crippen LogP contribution in [0.15, 0.2) is 60.7 Å². The first-order valence-corrected chi connectivity index (χ1v) is 12.3. The number of allylic oxidation sites excluding steroid dienone is 1. The molecule has 1 saturated heterocycles. The molecule has 186 valence electrons. The minimum atomic E-state index is -1.19. The number of esters is 1. The topological polar surface area (TPSA) is 38.8 Å². The fourth-order valence-corrected chi connectivity index (χ4v) is 4.95. The van der Waals surface area contributed by atoms with Crippen molar-refractivity contribution in [1.82, 2.24) is 0 Å². The van der Waals surface area contributed by atoms with Crippen molar-refractivity contribution in [3.05, 3.63) is 94.8 Å². The molecule has 6 heteroatoms. The van der Waals surface area contributed by atoms with Gasteiger partial charge < -0.3 is 9.47 Å². The lowest BCUT2D eigenvalue weighted by molar-refractivity contribution is -0.140. The highest BCUT2D eigenvalue weighted by atomic mass is 19.2. The Morgan fingerprint density at radius 2 is 1.67 bits per heavy atom. The van der Waals surface area contributed by atoms with Crippen molar-refractivity contribution in [1.29, 1.82) is 0 Å². The zero-order valence-corrected chi connectivity index (χ0v) is 20.0. The minimum absolute atomic E-state index is 0.00197. The average molecular weight is 493 g/mol. The van der Waals surface area contributed by atoms with Crippen molar-refractivity contribution >= 4 is 12.0 Å². The summed E-state index contributed by atoms with van der Waals surface area (Å²) in [5.41, 5.74) is 3.07. The van der Waals surface area contributed by atoms with Gasteiger partial charge in [0.05, 0.1) is 12.5 Å². The molecule has 3 aromatic carbocycles. The maximum absolute atomic E-state index is 14.8. The molecule has 0 spiro atoms. The fourth-order valence-electron chi connectivity index (χ4n) is 4.95. The lowest BCUT2D eigenvalue weighted by Crippen LogP contribution is -2.25. The molecule has 0 bridgehead atoms. The number of hydrogen-bond acceptors (Lipinski definition) is 3. The number of halogens is 3. The third-order valence-electron chi connectivity index (χ3n) is 7.07. The van der Waals surface area contributed by atoms with Gasteiger partial charge in [0, 0.05) is 5.56 Å². The Morgan fingerprint density at radius 1 is 0.944 bits per heavy atom. The predicted molar refractivity (Wildman–Crippen MR) is 132 cm³/mol. The zero-order chi connectivity index (χ0) is 25.2. The van der Waals surface area contributed by atoms with Gasteiger partial charge >= 0.3 is 5.97 Å². The van der Waals surface area contributed by atoms with E-state index in [4.69, 9.17) is 9.47 Å². The van der Waals surface area contributed by atoms with Crippen LogP contribution in [0.5, 0.6) is 5.75 Å². The van der Waals surface area contributed by atoms with Crippen molar-refractivity contribution in [2.24, 2.45) is 5.92 Å². The Balaban J connectivity index is 1.22. The van der Waals surface area contributed by atoms with Crippen LogP contribution in [0.2, 0.25) is 0 Å². The number of carbonyl (C=O) groups is 1. The van der Waals surface area contributed by atoms with Crippen LogP contribution in [-0.4, -0.2) is 12.6 Å². The normalized spacial score (nSPS) is 21.5. The first kappa shape index (κ1) is 24.3. The van der Waals surface area contributed by atoms with Crippen molar-refractivity contribution in [3.63, 3.8) is 0 Å². The number of epoxide rings is 1. The second kappa shape index (κ2) is 10.3. The molecule has 0 N–H and O–H groups in total. The standard InChI is InChI=1S/C30H27F3O3/c1-2-3-18-4-6-20(7-5-18)24-14-15-26(29(33)28(24)32)36-30(34)21-10-8-19(9-11-21)23-13-12-22(16-25(23)31)27-17-35-27/h2-7,12-16,19,21,27H,8-11,17H2,1H3/b3-2+. The van der Waals surface area contributed by atoms with Gasteiger partial charge in [-0.15, -0.1) is 0 Å². The number of hydrogen-bond donors (Lipinski definition) is 0. The van der Waals surface area contributed by atoms with Gasteiger partial charge in [-0.05, 0) is 79.0 Å². The summed E-state index contributed by atoms with van der Waals surface area (Å²) in [6.07, 6.45) is 6.04. The predicted octanol–water partition coefficient (Wildman–Crippen LogP) is 7.75. The molecular formula is C30H27F3O3. The summed E-state index contributed by atoms with van der Waals surface area (Å²) in [6.45, 7) is 2.53. The Hall–Kier alpha value is -3.38. The van der Waals surface area contributed by atoms with Gasteiger partial charge in [0.15, 0.2) is 11.6 Å². The quantitative estimate of drug-likeness (QED) is 0.201. The Labute approximate surface area is 208 Å². The number of benzene rings is 3. The van der Waals surface area contributed by atoms with Crippen molar-refractivity contribution in [2.45, 2.75) is 44.6 Å². The smallest absolute Gasteiger partial charge is 0.314 e. The Bertz CT molecular complexity index is 1290. The monoisotopic (exact) mass is 492 g/mol. The maximum Gasteiger partial charge on any atom is 0.314 e. The first-order chi connectivity index (χ1) is 17.4. The Kier molecular flexibility index (Phi) is 6.97. The van der Waals surface area contributed by atoms with Gasteiger partial charge in [-0.25, -0.2) is 8.78 Å². The molecule has 36 heavy (non-hydrogen) atoms. The van der Waals surface area contributed by atoms with Gasteiger partial charge in [-0.1, -0.05) is 48.6 Å². The maximum atomic E-state index is 14.8. The summed E-state index contributed by atoms with van der Waals surface area (Å²) in [6, 6.07) is 15.0. The summed E-state index contributed by atoms with van der Waals surface area (Å²) in [5, 5.41) is 0. The summed E-state index contributed by atoms with van der Waals surface area (Å²) >= 11 is 0. The van der Waals surface area contributed by atoms with Gasteiger partial charge in [0.1, 0.15) is 11.9 Å². The molecular weight excluding hydrogens is 465 g/mol. The van der Waals surface area contributed by atoms with Crippen molar-refractivity contribution < 1.29 is 27.4 Å². The molecule has 1 aliphatic heterocycles. The highest BCUT2D eigenvalue weighted by molar-refractivity contribution is 5.76. The molecule has 1 unspecified atom stereocenters. The lowest BCUT2D eigenvalue weighted by Gasteiger charge is -2.28. The highest BCUT2D eigenvalue weighted by Crippen LogP contribution is 2.39. The molecule has 1 heterocycles. The van der Waals surface area contributed by atoms with Crippen LogP contribution < -0.4 is 4.74 Å². The first-order valence-electron chi connectivity index (χ1n) is 12.3. The second-order valence-electron chi connectivity index (χ2n) is 9.43. The molecule has 1 saturated carbocycles. The molecule has 0 amide bonds. The zero-order valence-electron chi connectivity index (χ0n) is 20.0. The molecule has 3 aromatic rings. The van der Waals surface area contributed by atoms with Gasteiger partial charge in [0.2, 0.25) is 5.82 Å². The van der Waals surface area contributed by atoms with Crippen LogP contribution in [0.3, 0.4) is 0 Å². The molecule has 2 aliphatic rings. The molecule has 5 rings (SSSR count). The summed E-state index contributed by atoms with van der Waals surface area (Å²) in [4.78, 5) is 12.7. The number of carbonyl (C=O) groups excluding carboxylic acids is 1. The van der Waals surface area contributed by atoms with Crippen LogP contribution in [-0.2, 0) is 9.53 Å². The third-order valence-corrected chi connectivity index (χ3v) is 7.07. The van der Waals surface area contributed by atoms with E-state index in [2.05, 4.69) is 0 Å². The number of rotatable bonds is 6.